The molecule has 1 N–H and O–H groups in total. The summed E-state index contributed by atoms with van der Waals surface area (Å²) < 4.78 is 0. The molecule has 3 nitrogen and oxygen atoms in total. The molecule has 2 atom stereocenters. The lowest BCUT2D eigenvalue weighted by Gasteiger charge is -2.29. The van der Waals surface area contributed by atoms with E-state index in [1.54, 1.807) is 0 Å². The molecule has 2 unspecified atom stereocenters. The lowest BCUT2D eigenvalue weighted by atomic mass is 9.83. The summed E-state index contributed by atoms with van der Waals surface area (Å²) in [5.41, 5.74) is -0.319. The van der Waals surface area contributed by atoms with Gasteiger partial charge in [0.25, 0.3) is 0 Å². The van der Waals surface area contributed by atoms with Crippen molar-refractivity contribution in [2.75, 3.05) is 6.54 Å². The molecule has 0 radical (unpaired) electrons. The minimum absolute atomic E-state index is 0.257. The molecule has 1 amide bonds. The Morgan fingerprint density at radius 2 is 2.12 bits per heavy atom. The van der Waals surface area contributed by atoms with Crippen LogP contribution in [0.25, 0.3) is 0 Å². The second-order valence-corrected chi connectivity index (χ2v) is 5.84. The van der Waals surface area contributed by atoms with E-state index in [1.807, 2.05) is 6.92 Å². The van der Waals surface area contributed by atoms with Crippen LogP contribution in [0.2, 0.25) is 0 Å². The summed E-state index contributed by atoms with van der Waals surface area (Å²) in [5, 5.41) is 3.50. The van der Waals surface area contributed by atoms with Crippen LogP contribution in [-0.4, -0.2) is 29.1 Å². The first-order valence-corrected chi connectivity index (χ1v) is 7.19. The average molecular weight is 238 g/mol. The SMILES string of the molecule is CCC1NC(C)(CC)C(=O)N1CCC1CCC1. The molecule has 2 rings (SSSR count). The van der Waals surface area contributed by atoms with Crippen LogP contribution in [0.3, 0.4) is 0 Å². The smallest absolute Gasteiger partial charge is 0.243 e. The monoisotopic (exact) mass is 238 g/mol. The van der Waals surface area contributed by atoms with E-state index < -0.39 is 0 Å². The fourth-order valence-electron chi connectivity index (χ4n) is 2.90. The lowest BCUT2D eigenvalue weighted by Crippen LogP contribution is -2.43. The molecule has 0 aromatic carbocycles. The van der Waals surface area contributed by atoms with E-state index in [1.165, 1.54) is 25.7 Å². The third kappa shape index (κ3) is 2.35. The number of nitrogens with zero attached hydrogens (tertiary/aromatic N) is 1. The molecule has 0 aromatic rings. The zero-order valence-electron chi connectivity index (χ0n) is 11.5. The minimum atomic E-state index is -0.319. The van der Waals surface area contributed by atoms with Crippen molar-refractivity contribution in [3.05, 3.63) is 0 Å². The molecular formula is C14H26N2O. The van der Waals surface area contributed by atoms with E-state index in [0.29, 0.717) is 5.91 Å². The summed E-state index contributed by atoms with van der Waals surface area (Å²) in [7, 11) is 0. The predicted molar refractivity (Wildman–Crippen MR) is 69.6 cm³/mol. The van der Waals surface area contributed by atoms with Crippen molar-refractivity contribution >= 4 is 5.91 Å². The molecule has 0 bridgehead atoms. The van der Waals surface area contributed by atoms with Gasteiger partial charge < -0.3 is 4.90 Å². The van der Waals surface area contributed by atoms with E-state index in [2.05, 4.69) is 24.1 Å². The Hall–Kier alpha value is -0.570. The van der Waals surface area contributed by atoms with Crippen molar-refractivity contribution in [3.63, 3.8) is 0 Å². The van der Waals surface area contributed by atoms with Gasteiger partial charge in [-0.1, -0.05) is 33.1 Å². The molecule has 2 aliphatic rings. The van der Waals surface area contributed by atoms with Gasteiger partial charge >= 0.3 is 0 Å². The molecule has 17 heavy (non-hydrogen) atoms. The molecule has 1 heterocycles. The molecule has 3 heteroatoms. The van der Waals surface area contributed by atoms with Crippen LogP contribution >= 0.6 is 0 Å². The van der Waals surface area contributed by atoms with Crippen molar-refractivity contribution in [1.82, 2.24) is 10.2 Å². The topological polar surface area (TPSA) is 32.3 Å². The molecule has 98 valence electrons. The van der Waals surface area contributed by atoms with E-state index in [4.69, 9.17) is 0 Å². The summed E-state index contributed by atoms with van der Waals surface area (Å²) in [6.45, 7) is 7.24. The van der Waals surface area contributed by atoms with E-state index >= 15 is 0 Å². The number of carbonyl (C=O) groups excluding carboxylic acids is 1. The second kappa shape index (κ2) is 4.97. The quantitative estimate of drug-likeness (QED) is 0.798. The van der Waals surface area contributed by atoms with Crippen LogP contribution in [0.5, 0.6) is 0 Å². The maximum atomic E-state index is 12.4. The number of hydrogen-bond acceptors (Lipinski definition) is 2. The van der Waals surface area contributed by atoms with Crippen molar-refractivity contribution < 1.29 is 4.79 Å². The Morgan fingerprint density at radius 3 is 2.59 bits per heavy atom. The molecule has 1 saturated heterocycles. The van der Waals surface area contributed by atoms with E-state index in [9.17, 15) is 4.79 Å². The third-order valence-corrected chi connectivity index (χ3v) is 4.69. The summed E-state index contributed by atoms with van der Waals surface area (Å²) in [6, 6.07) is 0. The molecule has 0 spiro atoms. The van der Waals surface area contributed by atoms with Gasteiger partial charge in [-0.3, -0.25) is 10.1 Å². The Labute approximate surface area is 105 Å². The molecule has 1 aliphatic heterocycles. The van der Waals surface area contributed by atoms with Gasteiger partial charge in [-0.2, -0.15) is 0 Å². The summed E-state index contributed by atoms with van der Waals surface area (Å²) in [6.07, 6.45) is 7.47. The second-order valence-electron chi connectivity index (χ2n) is 5.84. The average Bonchev–Trinajstić information content (AvgIpc) is 2.52. The van der Waals surface area contributed by atoms with Crippen LogP contribution < -0.4 is 5.32 Å². The largest absolute Gasteiger partial charge is 0.326 e. The van der Waals surface area contributed by atoms with E-state index in [0.717, 1.165) is 25.3 Å². The van der Waals surface area contributed by atoms with Crippen molar-refractivity contribution in [3.8, 4) is 0 Å². The number of amides is 1. The van der Waals surface area contributed by atoms with Gasteiger partial charge in [-0.05, 0) is 32.1 Å². The Morgan fingerprint density at radius 1 is 1.41 bits per heavy atom. The van der Waals surface area contributed by atoms with Crippen LogP contribution in [0.15, 0.2) is 0 Å². The highest BCUT2D eigenvalue weighted by molar-refractivity contribution is 5.88. The van der Waals surface area contributed by atoms with Crippen molar-refractivity contribution in [2.24, 2.45) is 5.92 Å². The van der Waals surface area contributed by atoms with Crippen LogP contribution in [0.4, 0.5) is 0 Å². The van der Waals surface area contributed by atoms with Crippen LogP contribution in [-0.2, 0) is 4.79 Å². The summed E-state index contributed by atoms with van der Waals surface area (Å²) in [4.78, 5) is 14.5. The van der Waals surface area contributed by atoms with Gasteiger partial charge in [0, 0.05) is 6.54 Å². The zero-order chi connectivity index (χ0) is 12.5. The third-order valence-electron chi connectivity index (χ3n) is 4.69. The van der Waals surface area contributed by atoms with E-state index in [-0.39, 0.29) is 11.7 Å². The fourth-order valence-corrected chi connectivity index (χ4v) is 2.90. The van der Waals surface area contributed by atoms with Gasteiger partial charge in [0.2, 0.25) is 5.91 Å². The number of hydrogen-bond donors (Lipinski definition) is 1. The van der Waals surface area contributed by atoms with Crippen LogP contribution in [0, 0.1) is 5.92 Å². The highest BCUT2D eigenvalue weighted by Crippen LogP contribution is 2.31. The minimum Gasteiger partial charge on any atom is -0.326 e. The molecule has 2 fully saturated rings. The fraction of sp³-hybridized carbons (Fsp3) is 0.929. The Bertz CT molecular complexity index is 288. The van der Waals surface area contributed by atoms with Gasteiger partial charge in [-0.15, -0.1) is 0 Å². The van der Waals surface area contributed by atoms with Crippen molar-refractivity contribution in [2.45, 2.75) is 71.0 Å². The Balaban J connectivity index is 1.95. The number of nitrogens with one attached hydrogen (secondary N) is 1. The first kappa shape index (κ1) is 12.9. The molecule has 1 aliphatic carbocycles. The normalized spacial score (nSPS) is 34.2. The highest BCUT2D eigenvalue weighted by Gasteiger charge is 2.45. The summed E-state index contributed by atoms with van der Waals surface area (Å²) >= 11 is 0. The molecular weight excluding hydrogens is 212 g/mol. The molecule has 1 saturated carbocycles. The zero-order valence-corrected chi connectivity index (χ0v) is 11.5. The first-order chi connectivity index (χ1) is 8.10. The Kier molecular flexibility index (Phi) is 3.76. The number of rotatable bonds is 5. The van der Waals surface area contributed by atoms with Gasteiger partial charge in [-0.25, -0.2) is 0 Å². The maximum Gasteiger partial charge on any atom is 0.243 e. The highest BCUT2D eigenvalue weighted by atomic mass is 16.2. The van der Waals surface area contributed by atoms with Gasteiger partial charge in [0.1, 0.15) is 0 Å². The first-order valence-electron chi connectivity index (χ1n) is 7.19. The number of carbonyl (C=O) groups is 1. The van der Waals surface area contributed by atoms with Gasteiger partial charge in [0.05, 0.1) is 11.7 Å². The summed E-state index contributed by atoms with van der Waals surface area (Å²) in [5.74, 6) is 1.19. The lowest BCUT2D eigenvalue weighted by molar-refractivity contribution is -0.133. The standard InChI is InChI=1S/C14H26N2O/c1-4-12-15-14(3,5-2)13(17)16(12)10-9-11-7-6-8-11/h11-12,15H,4-10H2,1-3H3. The predicted octanol–water partition coefficient (Wildman–Crippen LogP) is 2.51. The van der Waals surface area contributed by atoms with Gasteiger partial charge in [0.15, 0.2) is 0 Å². The maximum absolute atomic E-state index is 12.4. The van der Waals surface area contributed by atoms with Crippen molar-refractivity contribution in [1.29, 1.82) is 0 Å². The molecule has 0 aromatic heterocycles. The van der Waals surface area contributed by atoms with Crippen LogP contribution in [0.1, 0.15) is 59.3 Å².